The fourth-order valence-corrected chi connectivity index (χ4v) is 5.28. The molecule has 12 heteroatoms. The van der Waals surface area contributed by atoms with Gasteiger partial charge in [-0.2, -0.15) is 0 Å². The van der Waals surface area contributed by atoms with E-state index in [1.807, 2.05) is 33.9 Å². The molecule has 0 aromatic heterocycles. The largest absolute Gasteiger partial charge is 0.541 e. The molecule has 0 radical (unpaired) electrons. The molecule has 2 N–H and O–H groups in total. The van der Waals surface area contributed by atoms with Crippen LogP contribution in [0.2, 0.25) is 23.2 Å². The first-order valence-electron chi connectivity index (χ1n) is 9.95. The highest BCUT2D eigenvalue weighted by atomic mass is 35.5. The van der Waals surface area contributed by atoms with Crippen LogP contribution >= 0.6 is 23.8 Å². The summed E-state index contributed by atoms with van der Waals surface area (Å²) in [5.41, 5.74) is 0.0495. The second-order valence-electron chi connectivity index (χ2n) is 9.08. The quantitative estimate of drug-likeness (QED) is 0.346. The molecule has 33 heavy (non-hydrogen) atoms. The lowest BCUT2D eigenvalue weighted by Gasteiger charge is -2.37. The number of halogens is 3. The Morgan fingerprint density at radius 2 is 1.67 bits per heavy atom. The molecule has 2 aromatic carbocycles. The number of nitrogens with zero attached hydrogens (tertiary/aromatic N) is 1. The van der Waals surface area contributed by atoms with Crippen molar-refractivity contribution >= 4 is 58.6 Å². The molecular formula is C21H28ClF2N3O3S2Si. The highest BCUT2D eigenvalue weighted by molar-refractivity contribution is 7.89. The summed E-state index contributed by atoms with van der Waals surface area (Å²) >= 11 is 11.6. The zero-order valence-corrected chi connectivity index (χ0v) is 22.9. The SMILES string of the molecule is CN(C)S(=O)(=O)c1c(Cl)ccc(NC(=S)Nc2cccc(F)c2F)c1O[Si](C)(C)C(C)(C)C. The third-order valence-electron chi connectivity index (χ3n) is 5.41. The van der Waals surface area contributed by atoms with Gasteiger partial charge in [-0.15, -0.1) is 0 Å². The standard InChI is InChI=1S/C21H28ClF2N3O3S2Si/c1-21(2,3)33(6,7)30-18-16(12-11-13(22)19(18)32(28,29)27(4)5)26-20(31)25-15-10-8-9-14(23)17(15)24/h8-12H,1-7H3,(H2,25,26,31). The minimum Gasteiger partial charge on any atom is -0.541 e. The molecule has 0 atom stereocenters. The van der Waals surface area contributed by atoms with Gasteiger partial charge in [-0.1, -0.05) is 38.4 Å². The van der Waals surface area contributed by atoms with Gasteiger partial charge in [-0.05, 0) is 54.6 Å². The van der Waals surface area contributed by atoms with E-state index in [0.29, 0.717) is 0 Å². The van der Waals surface area contributed by atoms with Crippen LogP contribution in [0.25, 0.3) is 0 Å². The van der Waals surface area contributed by atoms with Crippen molar-refractivity contribution in [3.05, 3.63) is 47.0 Å². The minimum absolute atomic E-state index is 0.0157. The Balaban J connectivity index is 2.60. The van der Waals surface area contributed by atoms with E-state index in [9.17, 15) is 17.2 Å². The molecule has 182 valence electrons. The van der Waals surface area contributed by atoms with Crippen LogP contribution < -0.4 is 15.1 Å². The molecule has 0 spiro atoms. The Hall–Kier alpha value is -1.79. The van der Waals surface area contributed by atoms with Crippen LogP contribution in [0.15, 0.2) is 35.2 Å². The zero-order valence-electron chi connectivity index (χ0n) is 19.5. The third kappa shape index (κ3) is 6.02. The van der Waals surface area contributed by atoms with Crippen molar-refractivity contribution in [1.29, 1.82) is 0 Å². The number of thiocarbonyl (C=S) groups is 1. The van der Waals surface area contributed by atoms with E-state index in [1.54, 1.807) is 0 Å². The molecule has 0 aliphatic carbocycles. The third-order valence-corrected chi connectivity index (χ3v) is 12.3. The highest BCUT2D eigenvalue weighted by Crippen LogP contribution is 2.44. The maximum Gasteiger partial charge on any atom is 0.250 e. The first kappa shape index (κ1) is 27.5. The number of hydrogen-bond donors (Lipinski definition) is 2. The average molecular weight is 536 g/mol. The normalized spacial score (nSPS) is 12.6. The Morgan fingerprint density at radius 1 is 1.09 bits per heavy atom. The minimum atomic E-state index is -4.00. The number of anilines is 2. The van der Waals surface area contributed by atoms with E-state index in [1.165, 1.54) is 38.4 Å². The molecule has 0 aliphatic rings. The smallest absolute Gasteiger partial charge is 0.250 e. The van der Waals surface area contributed by atoms with Crippen molar-refractivity contribution in [3.63, 3.8) is 0 Å². The van der Waals surface area contributed by atoms with Crippen LogP contribution in [0, 0.1) is 11.6 Å². The maximum absolute atomic E-state index is 14.0. The van der Waals surface area contributed by atoms with Crippen LogP contribution in [-0.4, -0.2) is 40.2 Å². The van der Waals surface area contributed by atoms with Crippen molar-refractivity contribution in [2.75, 3.05) is 24.7 Å². The van der Waals surface area contributed by atoms with Gasteiger partial charge in [0, 0.05) is 14.1 Å². The molecule has 0 heterocycles. The molecular weight excluding hydrogens is 508 g/mol. The first-order chi connectivity index (χ1) is 15.0. The summed E-state index contributed by atoms with van der Waals surface area (Å²) in [6, 6.07) is 6.57. The first-order valence-corrected chi connectivity index (χ1v) is 15.1. The van der Waals surface area contributed by atoms with Crippen LogP contribution in [-0.2, 0) is 10.0 Å². The number of benzene rings is 2. The second kappa shape index (κ2) is 9.83. The molecule has 0 unspecified atom stereocenters. The molecule has 0 saturated heterocycles. The van der Waals surface area contributed by atoms with Crippen molar-refractivity contribution in [1.82, 2.24) is 4.31 Å². The number of nitrogens with one attached hydrogen (secondary N) is 2. The summed E-state index contributed by atoms with van der Waals surface area (Å²) in [6.07, 6.45) is 0. The van der Waals surface area contributed by atoms with E-state index >= 15 is 0 Å². The molecule has 0 saturated carbocycles. The van der Waals surface area contributed by atoms with E-state index in [4.69, 9.17) is 28.2 Å². The van der Waals surface area contributed by atoms with E-state index in [2.05, 4.69) is 10.6 Å². The van der Waals surface area contributed by atoms with Gasteiger partial charge in [-0.25, -0.2) is 21.5 Å². The van der Waals surface area contributed by atoms with Gasteiger partial charge >= 0.3 is 0 Å². The predicted molar refractivity (Wildman–Crippen MR) is 136 cm³/mol. The summed E-state index contributed by atoms with van der Waals surface area (Å²) in [6.45, 7) is 9.95. The Labute approximate surface area is 205 Å². The fraction of sp³-hybridized carbons (Fsp3) is 0.381. The van der Waals surface area contributed by atoms with E-state index in [0.717, 1.165) is 10.4 Å². The van der Waals surface area contributed by atoms with Crippen LogP contribution in [0.5, 0.6) is 5.75 Å². The second-order valence-corrected chi connectivity index (χ2v) is 16.7. The topological polar surface area (TPSA) is 70.7 Å². The van der Waals surface area contributed by atoms with Crippen LogP contribution in [0.4, 0.5) is 20.2 Å². The van der Waals surface area contributed by atoms with Gasteiger partial charge in [-0.3, -0.25) is 0 Å². The van der Waals surface area contributed by atoms with Crippen molar-refractivity contribution in [2.45, 2.75) is 43.8 Å². The van der Waals surface area contributed by atoms with Crippen molar-refractivity contribution < 1.29 is 21.6 Å². The van der Waals surface area contributed by atoms with Gasteiger partial charge in [0.05, 0.1) is 16.4 Å². The summed E-state index contributed by atoms with van der Waals surface area (Å²) in [4.78, 5) is -0.205. The molecule has 0 amide bonds. The molecule has 0 bridgehead atoms. The molecule has 0 fully saturated rings. The summed E-state index contributed by atoms with van der Waals surface area (Å²) in [5, 5.41) is 5.07. The Morgan fingerprint density at radius 3 is 2.21 bits per heavy atom. The average Bonchev–Trinajstić information content (AvgIpc) is 2.66. The van der Waals surface area contributed by atoms with Gasteiger partial charge in [0.15, 0.2) is 16.7 Å². The lowest BCUT2D eigenvalue weighted by Crippen LogP contribution is -2.44. The van der Waals surface area contributed by atoms with Crippen molar-refractivity contribution in [3.8, 4) is 5.75 Å². The van der Waals surface area contributed by atoms with Crippen molar-refractivity contribution in [2.24, 2.45) is 0 Å². The Kier molecular flexibility index (Phi) is 8.17. The van der Waals surface area contributed by atoms with Crippen LogP contribution in [0.1, 0.15) is 20.8 Å². The summed E-state index contributed by atoms with van der Waals surface area (Å²) in [5.74, 6) is -2.10. The molecule has 2 rings (SSSR count). The Bertz CT molecular complexity index is 1170. The van der Waals surface area contributed by atoms with E-state index < -0.39 is 30.0 Å². The molecule has 2 aromatic rings. The summed E-state index contributed by atoms with van der Waals surface area (Å²) < 4.78 is 61.3. The lowest BCUT2D eigenvalue weighted by molar-refractivity contribution is 0.474. The lowest BCUT2D eigenvalue weighted by atomic mass is 10.2. The van der Waals surface area contributed by atoms with Gasteiger partial charge < -0.3 is 15.1 Å². The van der Waals surface area contributed by atoms with Gasteiger partial charge in [0.1, 0.15) is 10.6 Å². The molecule has 0 aliphatic heterocycles. The number of sulfonamides is 1. The maximum atomic E-state index is 14.0. The van der Waals surface area contributed by atoms with E-state index in [-0.39, 0.29) is 37.2 Å². The number of rotatable bonds is 6. The highest BCUT2D eigenvalue weighted by Gasteiger charge is 2.41. The zero-order chi connectivity index (χ0) is 25.4. The summed E-state index contributed by atoms with van der Waals surface area (Å²) in [7, 11) is -3.76. The van der Waals surface area contributed by atoms with Crippen LogP contribution in [0.3, 0.4) is 0 Å². The van der Waals surface area contributed by atoms with Gasteiger partial charge in [0.25, 0.3) is 8.32 Å². The monoisotopic (exact) mass is 535 g/mol. The molecule has 6 nitrogen and oxygen atoms in total. The fourth-order valence-electron chi connectivity index (χ4n) is 2.45. The van der Waals surface area contributed by atoms with Gasteiger partial charge in [0.2, 0.25) is 10.0 Å². The predicted octanol–water partition coefficient (Wildman–Crippen LogP) is 6.06. The number of hydrogen-bond acceptors (Lipinski definition) is 4.